The molecule has 1 saturated heterocycles. The minimum atomic E-state index is -0.148. The number of hydrogen-bond donors (Lipinski definition) is 1. The summed E-state index contributed by atoms with van der Waals surface area (Å²) in [5.41, 5.74) is 4.65. The van der Waals surface area contributed by atoms with Crippen molar-refractivity contribution in [2.45, 2.75) is 6.54 Å². The molecule has 1 amide bonds. The molecule has 1 N–H and O–H groups in total. The number of nitrogens with one attached hydrogen (secondary N) is 1. The number of carbonyl (C=O) groups is 1. The summed E-state index contributed by atoms with van der Waals surface area (Å²) in [4.78, 5) is 16.6. The van der Waals surface area contributed by atoms with Gasteiger partial charge in [-0.3, -0.25) is 14.6 Å². The van der Waals surface area contributed by atoms with E-state index in [1.54, 1.807) is 6.08 Å². The molecule has 2 aromatic carbocycles. The standard InChI is InChI=1S/C22H24Cl2N4O/c23-20(14-18-6-2-1-3-7-18)15-25-26-22(29)17-28-12-10-27(11-13-28)16-19-8-4-5-9-21(19)24/h1-9,14-15H,10-13,16-17H2,(H,26,29)/b20-14-,25-15-. The van der Waals surface area contributed by atoms with Gasteiger partial charge in [-0.15, -0.1) is 0 Å². The number of nitrogens with zero attached hydrogens (tertiary/aromatic N) is 3. The molecular weight excluding hydrogens is 407 g/mol. The number of benzene rings is 2. The Bertz CT molecular complexity index is 862. The van der Waals surface area contributed by atoms with Crippen LogP contribution >= 0.6 is 23.2 Å². The molecule has 1 aliphatic rings. The highest BCUT2D eigenvalue weighted by Gasteiger charge is 2.19. The Hall–Kier alpha value is -2.18. The Morgan fingerprint density at radius 2 is 1.66 bits per heavy atom. The maximum atomic E-state index is 12.1. The maximum absolute atomic E-state index is 12.1. The number of allylic oxidation sites excluding steroid dienone is 1. The fourth-order valence-corrected chi connectivity index (χ4v) is 3.49. The molecule has 1 aliphatic heterocycles. The predicted octanol–water partition coefficient (Wildman–Crippen LogP) is 3.84. The van der Waals surface area contributed by atoms with Gasteiger partial charge in [0.05, 0.1) is 17.8 Å². The van der Waals surface area contributed by atoms with E-state index in [-0.39, 0.29) is 5.91 Å². The van der Waals surface area contributed by atoms with Crippen LogP contribution in [0.1, 0.15) is 11.1 Å². The van der Waals surface area contributed by atoms with Crippen LogP contribution in [-0.4, -0.2) is 54.6 Å². The van der Waals surface area contributed by atoms with Gasteiger partial charge in [0.25, 0.3) is 5.91 Å². The number of amides is 1. The van der Waals surface area contributed by atoms with Crippen LogP contribution in [0, 0.1) is 0 Å². The van der Waals surface area contributed by atoms with E-state index in [0.717, 1.165) is 48.9 Å². The lowest BCUT2D eigenvalue weighted by molar-refractivity contribution is -0.122. The average Bonchev–Trinajstić information content (AvgIpc) is 2.72. The molecule has 1 heterocycles. The first-order valence-electron chi connectivity index (χ1n) is 9.52. The summed E-state index contributed by atoms with van der Waals surface area (Å²) >= 11 is 12.4. The molecule has 2 aromatic rings. The molecule has 0 aliphatic carbocycles. The van der Waals surface area contributed by atoms with E-state index in [4.69, 9.17) is 23.2 Å². The molecule has 0 aromatic heterocycles. The lowest BCUT2D eigenvalue weighted by atomic mass is 10.2. The summed E-state index contributed by atoms with van der Waals surface area (Å²) in [6.07, 6.45) is 3.23. The minimum Gasteiger partial charge on any atom is -0.296 e. The van der Waals surface area contributed by atoms with Gasteiger partial charge < -0.3 is 0 Å². The number of rotatable bonds is 7. The van der Waals surface area contributed by atoms with E-state index in [1.807, 2.05) is 48.5 Å². The molecule has 1 fully saturated rings. The molecule has 0 saturated carbocycles. The monoisotopic (exact) mass is 430 g/mol. The van der Waals surface area contributed by atoms with Crippen molar-refractivity contribution >= 4 is 41.4 Å². The Balaban J connectivity index is 1.38. The van der Waals surface area contributed by atoms with Gasteiger partial charge in [0.2, 0.25) is 0 Å². The molecule has 0 radical (unpaired) electrons. The highest BCUT2D eigenvalue weighted by atomic mass is 35.5. The first-order valence-corrected chi connectivity index (χ1v) is 10.3. The first kappa shape index (κ1) is 21.5. The Morgan fingerprint density at radius 1 is 1.00 bits per heavy atom. The molecule has 5 nitrogen and oxygen atoms in total. The van der Waals surface area contributed by atoms with Crippen molar-refractivity contribution < 1.29 is 4.79 Å². The maximum Gasteiger partial charge on any atom is 0.254 e. The summed E-state index contributed by atoms with van der Waals surface area (Å²) in [7, 11) is 0. The van der Waals surface area contributed by atoms with Crippen LogP contribution in [0.3, 0.4) is 0 Å². The zero-order valence-electron chi connectivity index (χ0n) is 16.1. The normalized spacial score (nSPS) is 16.3. The van der Waals surface area contributed by atoms with Gasteiger partial charge in [-0.05, 0) is 23.3 Å². The fraction of sp³-hybridized carbons (Fsp3) is 0.273. The third-order valence-corrected chi connectivity index (χ3v) is 5.24. The second-order valence-electron chi connectivity index (χ2n) is 6.88. The number of hydrogen-bond acceptors (Lipinski definition) is 4. The van der Waals surface area contributed by atoms with E-state index in [2.05, 4.69) is 26.4 Å². The molecule has 0 unspecified atom stereocenters. The molecular formula is C22H24Cl2N4O. The highest BCUT2D eigenvalue weighted by molar-refractivity contribution is 6.41. The second kappa shape index (κ2) is 11.1. The number of hydrazone groups is 1. The van der Waals surface area contributed by atoms with Gasteiger partial charge in [-0.25, -0.2) is 5.43 Å². The van der Waals surface area contributed by atoms with Gasteiger partial charge in [-0.2, -0.15) is 5.10 Å². The largest absolute Gasteiger partial charge is 0.296 e. The summed E-state index contributed by atoms with van der Waals surface area (Å²) in [6, 6.07) is 17.6. The minimum absolute atomic E-state index is 0.148. The van der Waals surface area contributed by atoms with Gasteiger partial charge in [0, 0.05) is 37.7 Å². The van der Waals surface area contributed by atoms with Gasteiger partial charge >= 0.3 is 0 Å². The molecule has 3 rings (SSSR count). The Labute approximate surface area is 181 Å². The van der Waals surface area contributed by atoms with E-state index in [9.17, 15) is 4.79 Å². The fourth-order valence-electron chi connectivity index (χ4n) is 3.12. The summed E-state index contributed by atoms with van der Waals surface area (Å²) in [6.45, 7) is 4.60. The van der Waals surface area contributed by atoms with Crippen LogP contribution in [0.25, 0.3) is 6.08 Å². The summed E-state index contributed by atoms with van der Waals surface area (Å²) < 4.78 is 0. The third-order valence-electron chi connectivity index (χ3n) is 4.67. The van der Waals surface area contributed by atoms with Gasteiger partial charge in [0.1, 0.15) is 0 Å². The van der Waals surface area contributed by atoms with E-state index < -0.39 is 0 Å². The van der Waals surface area contributed by atoms with Crippen molar-refractivity contribution in [2.24, 2.45) is 5.10 Å². The SMILES string of the molecule is O=C(CN1CCN(Cc2ccccc2Cl)CC1)N/N=C\C(Cl)=C\c1ccccc1. The molecule has 7 heteroatoms. The molecule has 152 valence electrons. The van der Waals surface area contributed by atoms with Crippen molar-refractivity contribution in [1.29, 1.82) is 0 Å². The lowest BCUT2D eigenvalue weighted by Gasteiger charge is -2.34. The van der Waals surface area contributed by atoms with Crippen molar-refractivity contribution in [2.75, 3.05) is 32.7 Å². The lowest BCUT2D eigenvalue weighted by Crippen LogP contribution is -2.48. The predicted molar refractivity (Wildman–Crippen MR) is 120 cm³/mol. The zero-order valence-corrected chi connectivity index (χ0v) is 17.6. The van der Waals surface area contributed by atoms with Crippen LogP contribution in [0.15, 0.2) is 64.7 Å². The van der Waals surface area contributed by atoms with Gasteiger partial charge in [0.15, 0.2) is 0 Å². The van der Waals surface area contributed by atoms with E-state index in [1.165, 1.54) is 6.21 Å². The second-order valence-corrected chi connectivity index (χ2v) is 7.72. The smallest absolute Gasteiger partial charge is 0.254 e. The average molecular weight is 431 g/mol. The summed E-state index contributed by atoms with van der Waals surface area (Å²) in [5, 5.41) is 5.18. The van der Waals surface area contributed by atoms with Crippen molar-refractivity contribution in [1.82, 2.24) is 15.2 Å². The van der Waals surface area contributed by atoms with Crippen LogP contribution in [-0.2, 0) is 11.3 Å². The molecule has 0 spiro atoms. The Kier molecular flexibility index (Phi) is 8.25. The van der Waals surface area contributed by atoms with Crippen LogP contribution in [0.4, 0.5) is 0 Å². The van der Waals surface area contributed by atoms with Crippen LogP contribution < -0.4 is 5.43 Å². The van der Waals surface area contributed by atoms with Crippen molar-refractivity contribution in [3.8, 4) is 0 Å². The van der Waals surface area contributed by atoms with Gasteiger partial charge in [-0.1, -0.05) is 71.7 Å². The van der Waals surface area contributed by atoms with E-state index in [0.29, 0.717) is 11.6 Å². The molecule has 0 bridgehead atoms. The van der Waals surface area contributed by atoms with E-state index >= 15 is 0 Å². The number of halogens is 2. The quantitative estimate of drug-likeness (QED) is 0.536. The topological polar surface area (TPSA) is 47.9 Å². The highest BCUT2D eigenvalue weighted by Crippen LogP contribution is 2.17. The van der Waals surface area contributed by atoms with Crippen molar-refractivity contribution in [3.63, 3.8) is 0 Å². The first-order chi connectivity index (χ1) is 14.1. The summed E-state index contributed by atoms with van der Waals surface area (Å²) in [5.74, 6) is -0.148. The zero-order chi connectivity index (χ0) is 20.5. The molecule has 29 heavy (non-hydrogen) atoms. The van der Waals surface area contributed by atoms with Crippen molar-refractivity contribution in [3.05, 3.63) is 75.8 Å². The number of piperazine rings is 1. The third kappa shape index (κ3) is 7.29. The van der Waals surface area contributed by atoms with Crippen LogP contribution in [0.2, 0.25) is 5.02 Å². The Morgan fingerprint density at radius 3 is 2.38 bits per heavy atom. The number of carbonyl (C=O) groups excluding carboxylic acids is 1. The molecule has 0 atom stereocenters. The van der Waals surface area contributed by atoms with Crippen LogP contribution in [0.5, 0.6) is 0 Å².